The number of carbonyl (C=O) groups excluding carboxylic acids is 1. The molecule has 1 amide bonds. The average Bonchev–Trinajstić information content (AvgIpc) is 2.97. The quantitative estimate of drug-likeness (QED) is 0.866. The summed E-state index contributed by atoms with van der Waals surface area (Å²) in [6.45, 7) is 2.18. The predicted octanol–water partition coefficient (Wildman–Crippen LogP) is 4.26. The number of carbonyl (C=O) groups is 1. The Bertz CT molecular complexity index is 610. The van der Waals surface area contributed by atoms with Crippen molar-refractivity contribution in [3.8, 4) is 0 Å². The van der Waals surface area contributed by atoms with Gasteiger partial charge in [0.1, 0.15) is 0 Å². The number of benzene rings is 1. The summed E-state index contributed by atoms with van der Waals surface area (Å²) in [7, 11) is 0. The molecular weight excluding hydrogens is 260 g/mol. The van der Waals surface area contributed by atoms with Gasteiger partial charge in [-0.1, -0.05) is 44.4 Å². The molecule has 1 aromatic carbocycles. The monoisotopic (exact) mass is 284 g/mol. The number of aromatic amines is 1. The lowest BCUT2D eigenvalue weighted by Gasteiger charge is -2.30. The third-order valence-corrected chi connectivity index (χ3v) is 4.81. The zero-order chi connectivity index (χ0) is 14.7. The lowest BCUT2D eigenvalue weighted by atomic mass is 9.83. The van der Waals surface area contributed by atoms with Gasteiger partial charge < -0.3 is 10.3 Å². The van der Waals surface area contributed by atoms with E-state index in [1.807, 2.05) is 30.5 Å². The van der Waals surface area contributed by atoms with Crippen LogP contribution in [0.25, 0.3) is 10.9 Å². The van der Waals surface area contributed by atoms with E-state index in [2.05, 4.69) is 17.2 Å². The van der Waals surface area contributed by atoms with Gasteiger partial charge in [-0.05, 0) is 31.2 Å². The van der Waals surface area contributed by atoms with Crippen molar-refractivity contribution in [1.29, 1.82) is 0 Å². The van der Waals surface area contributed by atoms with Crippen LogP contribution in [0.1, 0.15) is 55.8 Å². The van der Waals surface area contributed by atoms with E-state index in [0.717, 1.165) is 22.9 Å². The fourth-order valence-corrected chi connectivity index (χ4v) is 3.60. The number of fused-ring (bicyclic) bond motifs is 1. The molecule has 1 aliphatic rings. The number of nitrogens with one attached hydrogen (secondary N) is 2. The van der Waals surface area contributed by atoms with Crippen molar-refractivity contribution in [1.82, 2.24) is 10.3 Å². The number of para-hydroxylation sites is 1. The molecule has 0 saturated heterocycles. The fraction of sp³-hybridized carbons (Fsp3) is 0.500. The minimum absolute atomic E-state index is 0.0601. The second-order valence-electron chi connectivity index (χ2n) is 6.13. The van der Waals surface area contributed by atoms with Gasteiger partial charge in [-0.15, -0.1) is 0 Å². The third kappa shape index (κ3) is 2.97. The van der Waals surface area contributed by atoms with E-state index in [1.54, 1.807) is 0 Å². The Hall–Kier alpha value is -1.77. The zero-order valence-corrected chi connectivity index (χ0v) is 12.7. The maximum Gasteiger partial charge on any atom is 0.253 e. The van der Waals surface area contributed by atoms with Crippen LogP contribution >= 0.6 is 0 Å². The van der Waals surface area contributed by atoms with E-state index in [-0.39, 0.29) is 5.91 Å². The summed E-state index contributed by atoms with van der Waals surface area (Å²) < 4.78 is 0. The molecule has 3 nitrogen and oxygen atoms in total. The van der Waals surface area contributed by atoms with Gasteiger partial charge in [0.05, 0.1) is 5.56 Å². The highest BCUT2D eigenvalue weighted by molar-refractivity contribution is 6.06. The van der Waals surface area contributed by atoms with Gasteiger partial charge in [0.15, 0.2) is 0 Å². The Kier molecular flexibility index (Phi) is 4.28. The molecule has 3 heteroatoms. The molecule has 2 aromatic rings. The van der Waals surface area contributed by atoms with Gasteiger partial charge in [0.2, 0.25) is 0 Å². The molecule has 1 aromatic heterocycles. The van der Waals surface area contributed by atoms with E-state index < -0.39 is 0 Å². The van der Waals surface area contributed by atoms with E-state index >= 15 is 0 Å². The molecule has 1 atom stereocenters. The van der Waals surface area contributed by atoms with Gasteiger partial charge in [-0.2, -0.15) is 0 Å². The van der Waals surface area contributed by atoms with Crippen LogP contribution in [-0.2, 0) is 0 Å². The number of H-pyrrole nitrogens is 1. The van der Waals surface area contributed by atoms with Crippen molar-refractivity contribution in [2.75, 3.05) is 0 Å². The lowest BCUT2D eigenvalue weighted by Crippen LogP contribution is -2.40. The molecule has 0 aliphatic heterocycles. The molecule has 3 rings (SSSR count). The first-order valence-electron chi connectivity index (χ1n) is 8.16. The van der Waals surface area contributed by atoms with Gasteiger partial charge in [0, 0.05) is 23.1 Å². The predicted molar refractivity (Wildman–Crippen MR) is 86.4 cm³/mol. The average molecular weight is 284 g/mol. The minimum Gasteiger partial charge on any atom is -0.360 e. The molecule has 1 aliphatic carbocycles. The van der Waals surface area contributed by atoms with Gasteiger partial charge >= 0.3 is 0 Å². The largest absolute Gasteiger partial charge is 0.360 e. The molecule has 1 heterocycles. The van der Waals surface area contributed by atoms with Crippen LogP contribution in [-0.4, -0.2) is 16.9 Å². The molecule has 1 saturated carbocycles. The van der Waals surface area contributed by atoms with E-state index in [1.165, 1.54) is 32.1 Å². The highest BCUT2D eigenvalue weighted by atomic mass is 16.1. The number of rotatable bonds is 4. The van der Waals surface area contributed by atoms with Crippen LogP contribution in [0.5, 0.6) is 0 Å². The number of hydrogen-bond acceptors (Lipinski definition) is 1. The van der Waals surface area contributed by atoms with Crippen LogP contribution < -0.4 is 5.32 Å². The fourth-order valence-electron chi connectivity index (χ4n) is 3.60. The number of amides is 1. The lowest BCUT2D eigenvalue weighted by molar-refractivity contribution is 0.0913. The molecule has 1 fully saturated rings. The van der Waals surface area contributed by atoms with E-state index in [0.29, 0.717) is 12.0 Å². The standard InChI is InChI=1S/C18H24N2O/c1-2-16(13-8-4-3-5-9-13)20-18(21)15-12-19-17-11-7-6-10-14(15)17/h6-7,10-13,16,19H,2-5,8-9H2,1H3,(H,20,21). The maximum absolute atomic E-state index is 12.6. The van der Waals surface area contributed by atoms with Crippen molar-refractivity contribution >= 4 is 16.8 Å². The molecule has 1 unspecified atom stereocenters. The summed E-state index contributed by atoms with van der Waals surface area (Å²) in [5.74, 6) is 0.711. The highest BCUT2D eigenvalue weighted by Crippen LogP contribution is 2.28. The molecule has 21 heavy (non-hydrogen) atoms. The smallest absolute Gasteiger partial charge is 0.253 e. The summed E-state index contributed by atoms with van der Waals surface area (Å²) in [4.78, 5) is 15.8. The molecule has 0 spiro atoms. The van der Waals surface area contributed by atoms with Crippen molar-refractivity contribution in [2.24, 2.45) is 5.92 Å². The van der Waals surface area contributed by atoms with Crippen LogP contribution in [0.3, 0.4) is 0 Å². The topological polar surface area (TPSA) is 44.9 Å². The molecule has 2 N–H and O–H groups in total. The third-order valence-electron chi connectivity index (χ3n) is 4.81. The molecule has 0 radical (unpaired) electrons. The summed E-state index contributed by atoms with van der Waals surface area (Å²) in [5, 5.41) is 4.28. The zero-order valence-electron chi connectivity index (χ0n) is 12.7. The first kappa shape index (κ1) is 14.2. The number of hydrogen-bond donors (Lipinski definition) is 2. The highest BCUT2D eigenvalue weighted by Gasteiger charge is 2.24. The van der Waals surface area contributed by atoms with E-state index in [9.17, 15) is 4.79 Å². The minimum atomic E-state index is 0.0601. The van der Waals surface area contributed by atoms with Crippen LogP contribution in [0.2, 0.25) is 0 Å². The van der Waals surface area contributed by atoms with Crippen molar-refractivity contribution in [3.05, 3.63) is 36.0 Å². The second-order valence-corrected chi connectivity index (χ2v) is 6.13. The first-order valence-corrected chi connectivity index (χ1v) is 8.16. The maximum atomic E-state index is 12.6. The van der Waals surface area contributed by atoms with Crippen LogP contribution in [0.15, 0.2) is 30.5 Å². The van der Waals surface area contributed by atoms with Crippen molar-refractivity contribution in [3.63, 3.8) is 0 Å². The van der Waals surface area contributed by atoms with Crippen molar-refractivity contribution in [2.45, 2.75) is 51.5 Å². The summed E-state index contributed by atoms with van der Waals surface area (Å²) >= 11 is 0. The van der Waals surface area contributed by atoms with Crippen molar-refractivity contribution < 1.29 is 4.79 Å². The van der Waals surface area contributed by atoms with Gasteiger partial charge in [-0.3, -0.25) is 4.79 Å². The normalized spacial score (nSPS) is 17.8. The van der Waals surface area contributed by atoms with E-state index in [4.69, 9.17) is 0 Å². The Balaban J connectivity index is 1.75. The molecule has 0 bridgehead atoms. The molecular formula is C18H24N2O. The SMILES string of the molecule is CCC(NC(=O)c1c[nH]c2ccccc12)C1CCCCC1. The number of aromatic nitrogens is 1. The van der Waals surface area contributed by atoms with Gasteiger partial charge in [0.25, 0.3) is 5.91 Å². The van der Waals surface area contributed by atoms with Crippen LogP contribution in [0, 0.1) is 5.92 Å². The summed E-state index contributed by atoms with van der Waals surface area (Å²) in [6, 6.07) is 8.28. The Morgan fingerprint density at radius 1 is 1.29 bits per heavy atom. The Labute approximate surface area is 126 Å². The van der Waals surface area contributed by atoms with Crippen LogP contribution in [0.4, 0.5) is 0 Å². The summed E-state index contributed by atoms with van der Waals surface area (Å²) in [6.07, 6.45) is 9.32. The Morgan fingerprint density at radius 2 is 2.05 bits per heavy atom. The molecule has 112 valence electrons. The second kappa shape index (κ2) is 6.33. The first-order chi connectivity index (χ1) is 10.3. The Morgan fingerprint density at radius 3 is 2.81 bits per heavy atom. The van der Waals surface area contributed by atoms with Gasteiger partial charge in [-0.25, -0.2) is 0 Å². The summed E-state index contributed by atoms with van der Waals surface area (Å²) in [5.41, 5.74) is 1.79.